The Hall–Kier alpha value is -2.48. The highest BCUT2D eigenvalue weighted by Gasteiger charge is 2.35. The minimum atomic E-state index is -0.368. The molecule has 1 saturated heterocycles. The van der Waals surface area contributed by atoms with E-state index in [0.29, 0.717) is 19.0 Å². The van der Waals surface area contributed by atoms with Gasteiger partial charge in [-0.3, -0.25) is 9.59 Å². The number of hydrogen-bond acceptors (Lipinski definition) is 5. The van der Waals surface area contributed by atoms with Crippen molar-refractivity contribution in [1.29, 1.82) is 0 Å². The molecule has 7 nitrogen and oxygen atoms in total. The van der Waals surface area contributed by atoms with E-state index in [1.807, 2.05) is 56.3 Å². The van der Waals surface area contributed by atoms with Crippen LogP contribution in [0.1, 0.15) is 17.8 Å². The van der Waals surface area contributed by atoms with Gasteiger partial charge in [-0.1, -0.05) is 22.0 Å². The summed E-state index contributed by atoms with van der Waals surface area (Å²) in [6.07, 6.45) is 0.212. The lowest BCUT2D eigenvalue weighted by Crippen LogP contribution is -2.33. The van der Waals surface area contributed by atoms with Gasteiger partial charge in [-0.25, -0.2) is 9.97 Å². The summed E-state index contributed by atoms with van der Waals surface area (Å²) < 4.78 is 0.900. The van der Waals surface area contributed by atoms with Gasteiger partial charge < -0.3 is 15.1 Å². The van der Waals surface area contributed by atoms with E-state index < -0.39 is 0 Å². The Labute approximate surface area is 166 Å². The standard InChI is InChI=1S/C19H22BrN5O2/c1-12-7-15(23-19(22-12)24(2)3)10-21-18(27)13-8-17(26)25(11-13)16-6-4-5-14(20)9-16/h4-7,9,13H,8,10-11H2,1-3H3,(H,21,27). The number of nitrogens with one attached hydrogen (secondary N) is 1. The molecule has 2 aromatic rings. The number of rotatable bonds is 5. The average molecular weight is 432 g/mol. The first-order chi connectivity index (χ1) is 12.8. The highest BCUT2D eigenvalue weighted by atomic mass is 79.9. The van der Waals surface area contributed by atoms with Gasteiger partial charge in [-0.2, -0.15) is 0 Å². The van der Waals surface area contributed by atoms with Crippen LogP contribution in [-0.4, -0.2) is 42.4 Å². The molecule has 8 heteroatoms. The molecule has 1 unspecified atom stereocenters. The van der Waals surface area contributed by atoms with Gasteiger partial charge in [0.2, 0.25) is 17.8 Å². The smallest absolute Gasteiger partial charge is 0.227 e. The van der Waals surface area contributed by atoms with Crippen molar-refractivity contribution >= 4 is 39.4 Å². The van der Waals surface area contributed by atoms with E-state index in [0.717, 1.165) is 21.5 Å². The number of aryl methyl sites for hydroxylation is 1. The summed E-state index contributed by atoms with van der Waals surface area (Å²) in [5, 5.41) is 2.90. The van der Waals surface area contributed by atoms with Crippen LogP contribution in [0.15, 0.2) is 34.8 Å². The molecule has 3 rings (SSSR count). The van der Waals surface area contributed by atoms with Crippen LogP contribution >= 0.6 is 15.9 Å². The molecule has 0 aliphatic carbocycles. The number of amides is 2. The van der Waals surface area contributed by atoms with Crippen LogP contribution < -0.4 is 15.1 Å². The van der Waals surface area contributed by atoms with E-state index >= 15 is 0 Å². The van der Waals surface area contributed by atoms with Crippen molar-refractivity contribution in [3.63, 3.8) is 0 Å². The minimum Gasteiger partial charge on any atom is -0.350 e. The summed E-state index contributed by atoms with van der Waals surface area (Å²) in [7, 11) is 3.75. The zero-order chi connectivity index (χ0) is 19.6. The number of nitrogens with zero attached hydrogens (tertiary/aromatic N) is 4. The summed E-state index contributed by atoms with van der Waals surface area (Å²) in [5.74, 6) is 0.0633. The van der Waals surface area contributed by atoms with Crippen molar-refractivity contribution in [2.45, 2.75) is 19.9 Å². The molecule has 0 radical (unpaired) electrons. The third-order valence-corrected chi connectivity index (χ3v) is 4.85. The van der Waals surface area contributed by atoms with Crippen LogP contribution in [0.3, 0.4) is 0 Å². The lowest BCUT2D eigenvalue weighted by molar-refractivity contribution is -0.126. The second-order valence-electron chi connectivity index (χ2n) is 6.80. The highest BCUT2D eigenvalue weighted by molar-refractivity contribution is 9.10. The maximum absolute atomic E-state index is 12.6. The zero-order valence-electron chi connectivity index (χ0n) is 15.6. The molecule has 1 aliphatic rings. The lowest BCUT2D eigenvalue weighted by atomic mass is 10.1. The summed E-state index contributed by atoms with van der Waals surface area (Å²) in [6, 6.07) is 9.38. The van der Waals surface area contributed by atoms with Crippen LogP contribution in [-0.2, 0) is 16.1 Å². The Kier molecular flexibility index (Phi) is 5.74. The minimum absolute atomic E-state index is 0.0407. The van der Waals surface area contributed by atoms with Crippen molar-refractivity contribution in [2.75, 3.05) is 30.4 Å². The molecule has 1 fully saturated rings. The molecule has 27 heavy (non-hydrogen) atoms. The number of carbonyl (C=O) groups excluding carboxylic acids is 2. The van der Waals surface area contributed by atoms with Crippen LogP contribution in [0.5, 0.6) is 0 Å². The van der Waals surface area contributed by atoms with Gasteiger partial charge in [0, 0.05) is 42.9 Å². The largest absolute Gasteiger partial charge is 0.350 e. The summed E-state index contributed by atoms with van der Waals surface area (Å²) in [5.41, 5.74) is 2.38. The van der Waals surface area contributed by atoms with Gasteiger partial charge in [-0.05, 0) is 31.2 Å². The molecule has 1 aromatic heterocycles. The molecule has 1 N–H and O–H groups in total. The fraction of sp³-hybridized carbons (Fsp3) is 0.368. The molecule has 0 bridgehead atoms. The van der Waals surface area contributed by atoms with Gasteiger partial charge in [-0.15, -0.1) is 0 Å². The molecule has 2 heterocycles. The van der Waals surface area contributed by atoms with E-state index in [9.17, 15) is 9.59 Å². The predicted molar refractivity (Wildman–Crippen MR) is 108 cm³/mol. The normalized spacial score (nSPS) is 16.5. The molecule has 1 aliphatic heterocycles. The van der Waals surface area contributed by atoms with Gasteiger partial charge in [0.1, 0.15) is 0 Å². The van der Waals surface area contributed by atoms with Crippen molar-refractivity contribution in [2.24, 2.45) is 5.92 Å². The van der Waals surface area contributed by atoms with Crippen LogP contribution in [0, 0.1) is 12.8 Å². The number of aromatic nitrogens is 2. The second kappa shape index (κ2) is 8.04. The Balaban J connectivity index is 1.63. The number of anilines is 2. The number of carbonyl (C=O) groups is 2. The van der Waals surface area contributed by atoms with Crippen LogP contribution in [0.4, 0.5) is 11.6 Å². The van der Waals surface area contributed by atoms with Gasteiger partial charge in [0.05, 0.1) is 18.2 Å². The number of benzene rings is 1. The first-order valence-electron chi connectivity index (χ1n) is 8.69. The van der Waals surface area contributed by atoms with Gasteiger partial charge in [0.25, 0.3) is 0 Å². The van der Waals surface area contributed by atoms with Gasteiger partial charge >= 0.3 is 0 Å². The predicted octanol–water partition coefficient (Wildman–Crippen LogP) is 2.28. The molecular formula is C19H22BrN5O2. The Morgan fingerprint density at radius 1 is 1.33 bits per heavy atom. The Morgan fingerprint density at radius 2 is 2.11 bits per heavy atom. The molecule has 142 valence electrons. The first-order valence-corrected chi connectivity index (χ1v) is 9.48. The first kappa shape index (κ1) is 19.3. The average Bonchev–Trinajstić information content (AvgIpc) is 3.01. The summed E-state index contributed by atoms with van der Waals surface area (Å²) >= 11 is 3.41. The van der Waals surface area contributed by atoms with E-state index in [1.165, 1.54) is 0 Å². The van der Waals surface area contributed by atoms with Crippen LogP contribution in [0.25, 0.3) is 0 Å². The molecule has 0 spiro atoms. The molecular weight excluding hydrogens is 410 g/mol. The second-order valence-corrected chi connectivity index (χ2v) is 7.71. The molecule has 0 saturated carbocycles. The van der Waals surface area contributed by atoms with Crippen molar-refractivity contribution in [3.8, 4) is 0 Å². The third-order valence-electron chi connectivity index (χ3n) is 4.35. The highest BCUT2D eigenvalue weighted by Crippen LogP contribution is 2.27. The monoisotopic (exact) mass is 431 g/mol. The molecule has 1 aromatic carbocycles. The van der Waals surface area contributed by atoms with E-state index in [2.05, 4.69) is 31.2 Å². The SMILES string of the molecule is Cc1cc(CNC(=O)C2CC(=O)N(c3cccc(Br)c3)C2)nc(N(C)C)n1. The Bertz CT molecular complexity index is 871. The molecule has 2 amide bonds. The van der Waals surface area contributed by atoms with E-state index in [1.54, 1.807) is 4.90 Å². The number of hydrogen-bond donors (Lipinski definition) is 1. The fourth-order valence-corrected chi connectivity index (χ4v) is 3.39. The Morgan fingerprint density at radius 3 is 2.81 bits per heavy atom. The van der Waals surface area contributed by atoms with E-state index in [-0.39, 0.29) is 24.2 Å². The van der Waals surface area contributed by atoms with Crippen LogP contribution in [0.2, 0.25) is 0 Å². The maximum Gasteiger partial charge on any atom is 0.227 e. The molecule has 1 atom stereocenters. The van der Waals surface area contributed by atoms with Gasteiger partial charge in [0.15, 0.2) is 0 Å². The summed E-state index contributed by atoms with van der Waals surface area (Å²) in [4.78, 5) is 37.2. The lowest BCUT2D eigenvalue weighted by Gasteiger charge is -2.17. The van der Waals surface area contributed by atoms with Crippen molar-refractivity contribution < 1.29 is 9.59 Å². The van der Waals surface area contributed by atoms with E-state index in [4.69, 9.17) is 0 Å². The maximum atomic E-state index is 12.6. The van der Waals surface area contributed by atoms with Crippen molar-refractivity contribution in [3.05, 3.63) is 46.2 Å². The summed E-state index contributed by atoms with van der Waals surface area (Å²) in [6.45, 7) is 2.59. The third kappa shape index (κ3) is 4.63. The topological polar surface area (TPSA) is 78.4 Å². The quantitative estimate of drug-likeness (QED) is 0.785. The fourth-order valence-electron chi connectivity index (χ4n) is 3.01. The zero-order valence-corrected chi connectivity index (χ0v) is 17.2. The number of halogens is 1. The van der Waals surface area contributed by atoms with Crippen molar-refractivity contribution in [1.82, 2.24) is 15.3 Å².